The molecule has 2 aliphatic rings. The number of hydrogen-bond acceptors (Lipinski definition) is 4. The van der Waals surface area contributed by atoms with Crippen LogP contribution in [0.2, 0.25) is 0 Å². The van der Waals surface area contributed by atoms with Crippen molar-refractivity contribution >= 4 is 17.3 Å². The van der Waals surface area contributed by atoms with Gasteiger partial charge in [0.2, 0.25) is 5.91 Å². The highest BCUT2D eigenvalue weighted by Crippen LogP contribution is 2.50. The number of carbonyl (C=O) groups excluding carboxylic acids is 1. The Bertz CT molecular complexity index is 768. The fourth-order valence-corrected chi connectivity index (χ4v) is 4.26. The fourth-order valence-electron chi connectivity index (χ4n) is 4.26. The number of piperidine rings is 1. The highest BCUT2D eigenvalue weighted by molar-refractivity contribution is 6.12. The summed E-state index contributed by atoms with van der Waals surface area (Å²) in [6.45, 7) is 6.43. The van der Waals surface area contributed by atoms with Crippen molar-refractivity contribution in [2.45, 2.75) is 44.6 Å². The van der Waals surface area contributed by atoms with E-state index in [4.69, 9.17) is 0 Å². The van der Waals surface area contributed by atoms with Crippen LogP contribution in [0.5, 0.6) is 0 Å². The smallest absolute Gasteiger partial charge is 0.242 e. The minimum absolute atomic E-state index is 0.173. The maximum Gasteiger partial charge on any atom is 0.242 e. The first kappa shape index (κ1) is 16.2. The van der Waals surface area contributed by atoms with Crippen molar-refractivity contribution in [2.75, 3.05) is 18.0 Å². The van der Waals surface area contributed by atoms with Crippen molar-refractivity contribution in [3.05, 3.63) is 48.5 Å². The van der Waals surface area contributed by atoms with Crippen molar-refractivity contribution in [3.63, 3.8) is 0 Å². The van der Waals surface area contributed by atoms with E-state index in [0.29, 0.717) is 6.04 Å². The number of para-hydroxylation sites is 1. The summed E-state index contributed by atoms with van der Waals surface area (Å²) in [5.41, 5.74) is 2.49. The Kier molecular flexibility index (Phi) is 4.04. The lowest BCUT2D eigenvalue weighted by Gasteiger charge is -2.41. The van der Waals surface area contributed by atoms with Gasteiger partial charge in [-0.2, -0.15) is 0 Å². The Morgan fingerprint density at radius 3 is 2.52 bits per heavy atom. The zero-order valence-corrected chi connectivity index (χ0v) is 14.9. The molecule has 0 saturated carbocycles. The predicted molar refractivity (Wildman–Crippen MR) is 97.9 cm³/mol. The summed E-state index contributed by atoms with van der Waals surface area (Å²) >= 11 is 0. The van der Waals surface area contributed by atoms with E-state index < -0.39 is 5.41 Å². The molecule has 1 unspecified atom stereocenters. The van der Waals surface area contributed by atoms with E-state index in [9.17, 15) is 4.79 Å². The number of nitrogens with zero attached hydrogens (tertiary/aromatic N) is 4. The van der Waals surface area contributed by atoms with Crippen LogP contribution in [0.25, 0.3) is 0 Å². The molecule has 1 amide bonds. The van der Waals surface area contributed by atoms with Gasteiger partial charge in [0.25, 0.3) is 0 Å². The van der Waals surface area contributed by atoms with Gasteiger partial charge >= 0.3 is 0 Å². The molecule has 0 radical (unpaired) electrons. The van der Waals surface area contributed by atoms with Crippen molar-refractivity contribution in [1.82, 2.24) is 14.9 Å². The lowest BCUT2D eigenvalue weighted by molar-refractivity contribution is -0.124. The van der Waals surface area contributed by atoms with Gasteiger partial charge in [-0.05, 0) is 50.9 Å². The average molecular weight is 336 g/mol. The second-order valence-electron chi connectivity index (χ2n) is 7.13. The Labute approximate surface area is 148 Å². The highest BCUT2D eigenvalue weighted by Gasteiger charge is 2.52. The Morgan fingerprint density at radius 2 is 1.84 bits per heavy atom. The first-order chi connectivity index (χ1) is 12.2. The van der Waals surface area contributed by atoms with Crippen LogP contribution in [0.4, 0.5) is 11.4 Å². The second-order valence-corrected chi connectivity index (χ2v) is 7.13. The zero-order valence-electron chi connectivity index (χ0n) is 14.9. The number of aromatic nitrogens is 2. The molecule has 130 valence electrons. The monoisotopic (exact) mass is 336 g/mol. The van der Waals surface area contributed by atoms with E-state index in [1.54, 1.807) is 12.4 Å². The van der Waals surface area contributed by atoms with Gasteiger partial charge in [-0.1, -0.05) is 25.1 Å². The minimum atomic E-state index is -0.406. The number of anilines is 2. The van der Waals surface area contributed by atoms with Gasteiger partial charge < -0.3 is 4.90 Å². The Balaban J connectivity index is 1.72. The van der Waals surface area contributed by atoms with Gasteiger partial charge in [0.15, 0.2) is 0 Å². The number of fused-ring (bicyclic) bond motifs is 2. The third-order valence-electron chi connectivity index (χ3n) is 5.94. The van der Waals surface area contributed by atoms with Gasteiger partial charge in [0, 0.05) is 6.04 Å². The lowest BCUT2D eigenvalue weighted by atomic mass is 9.73. The molecule has 2 aromatic rings. The van der Waals surface area contributed by atoms with E-state index in [1.165, 1.54) is 6.33 Å². The molecule has 1 fully saturated rings. The van der Waals surface area contributed by atoms with Crippen molar-refractivity contribution in [2.24, 2.45) is 0 Å². The minimum Gasteiger partial charge on any atom is -0.301 e. The summed E-state index contributed by atoms with van der Waals surface area (Å²) in [7, 11) is 0. The van der Waals surface area contributed by atoms with E-state index >= 15 is 0 Å². The molecule has 0 bridgehead atoms. The summed E-state index contributed by atoms with van der Waals surface area (Å²) in [6.07, 6.45) is 7.82. The van der Waals surface area contributed by atoms with Gasteiger partial charge in [-0.25, -0.2) is 9.97 Å². The van der Waals surface area contributed by atoms with E-state index in [2.05, 4.69) is 34.8 Å². The molecule has 5 nitrogen and oxygen atoms in total. The van der Waals surface area contributed by atoms with Crippen LogP contribution < -0.4 is 4.90 Å². The number of carbonyl (C=O) groups is 1. The largest absolute Gasteiger partial charge is 0.301 e. The average Bonchev–Trinajstić information content (AvgIpc) is 2.91. The predicted octanol–water partition coefficient (Wildman–Crippen LogP) is 3.29. The summed E-state index contributed by atoms with van der Waals surface area (Å²) in [6, 6.07) is 8.77. The van der Waals surface area contributed by atoms with Gasteiger partial charge in [0.05, 0.1) is 29.2 Å². The topological polar surface area (TPSA) is 49.3 Å². The molecule has 25 heavy (non-hydrogen) atoms. The van der Waals surface area contributed by atoms with Crippen LogP contribution in [0.1, 0.15) is 38.7 Å². The standard InChI is InChI=1S/C20H24N4O/c1-3-15(2)23-10-8-20(9-11-23)17-6-4-5-7-18(17)24(19(20)25)16-12-21-14-22-13-16/h4-7,12-15H,3,8-11H2,1-2H3. The molecule has 4 rings (SSSR count). The van der Waals surface area contributed by atoms with Crippen LogP contribution in [-0.4, -0.2) is 39.9 Å². The maximum absolute atomic E-state index is 13.5. The van der Waals surface area contributed by atoms with Gasteiger partial charge in [0.1, 0.15) is 6.33 Å². The molecule has 1 atom stereocenters. The molecule has 3 heterocycles. The van der Waals surface area contributed by atoms with E-state index in [1.807, 2.05) is 23.1 Å². The molecule has 1 aromatic carbocycles. The normalized spacial score (nSPS) is 20.7. The first-order valence-electron chi connectivity index (χ1n) is 9.10. The van der Waals surface area contributed by atoms with E-state index in [0.717, 1.165) is 49.3 Å². The number of likely N-dealkylation sites (tertiary alicyclic amines) is 1. The second kappa shape index (κ2) is 6.23. The van der Waals surface area contributed by atoms with Crippen LogP contribution in [-0.2, 0) is 10.2 Å². The van der Waals surface area contributed by atoms with Crippen LogP contribution in [0.15, 0.2) is 43.0 Å². The van der Waals surface area contributed by atoms with Crippen molar-refractivity contribution in [3.8, 4) is 0 Å². The molecular weight excluding hydrogens is 312 g/mol. The zero-order chi connectivity index (χ0) is 17.4. The summed E-state index contributed by atoms with van der Waals surface area (Å²) in [5.74, 6) is 0.173. The third-order valence-corrected chi connectivity index (χ3v) is 5.94. The fraction of sp³-hybridized carbons (Fsp3) is 0.450. The molecular formula is C20H24N4O. The summed E-state index contributed by atoms with van der Waals surface area (Å²) in [4.78, 5) is 26.1. The molecule has 5 heteroatoms. The molecule has 2 aliphatic heterocycles. The third kappa shape index (κ3) is 2.45. The quantitative estimate of drug-likeness (QED) is 0.863. The Morgan fingerprint density at radius 1 is 1.16 bits per heavy atom. The van der Waals surface area contributed by atoms with Crippen LogP contribution in [0, 0.1) is 0 Å². The Hall–Kier alpha value is -2.27. The van der Waals surface area contributed by atoms with Gasteiger partial charge in [-0.3, -0.25) is 9.69 Å². The molecule has 1 spiro atoms. The molecule has 1 aromatic heterocycles. The lowest BCUT2D eigenvalue weighted by Crippen LogP contribution is -2.50. The first-order valence-corrected chi connectivity index (χ1v) is 9.10. The number of amides is 1. The van der Waals surface area contributed by atoms with Gasteiger partial charge in [-0.15, -0.1) is 0 Å². The molecule has 0 N–H and O–H groups in total. The highest BCUT2D eigenvalue weighted by atomic mass is 16.2. The summed E-state index contributed by atoms with van der Waals surface area (Å²) < 4.78 is 0. The van der Waals surface area contributed by atoms with Crippen LogP contribution >= 0.6 is 0 Å². The summed E-state index contributed by atoms with van der Waals surface area (Å²) in [5, 5.41) is 0. The number of benzene rings is 1. The van der Waals surface area contributed by atoms with E-state index in [-0.39, 0.29) is 5.91 Å². The SMILES string of the molecule is CCC(C)N1CCC2(CC1)C(=O)N(c1cncnc1)c1ccccc12. The van der Waals surface area contributed by atoms with Crippen molar-refractivity contribution in [1.29, 1.82) is 0 Å². The molecule has 1 saturated heterocycles. The molecule has 0 aliphatic carbocycles. The number of rotatable bonds is 3. The number of hydrogen-bond donors (Lipinski definition) is 0. The van der Waals surface area contributed by atoms with Crippen molar-refractivity contribution < 1.29 is 4.79 Å². The maximum atomic E-state index is 13.5. The van der Waals surface area contributed by atoms with Crippen LogP contribution in [0.3, 0.4) is 0 Å².